The fourth-order valence-corrected chi connectivity index (χ4v) is 3.43. The fraction of sp³-hybridized carbons (Fsp3) is 0.278. The van der Waals surface area contributed by atoms with E-state index >= 15 is 0 Å². The highest BCUT2D eigenvalue weighted by Gasteiger charge is 2.31. The summed E-state index contributed by atoms with van der Waals surface area (Å²) in [5.74, 6) is 0. The van der Waals surface area contributed by atoms with Crippen molar-refractivity contribution in [3.05, 3.63) is 52.0 Å². The van der Waals surface area contributed by atoms with Gasteiger partial charge in [0.05, 0.1) is 40.9 Å². The molecule has 2 aromatic rings. The lowest BCUT2D eigenvalue weighted by Crippen LogP contribution is -2.37. The molecular formula is C18H16Cl2F3N3OS. The van der Waals surface area contributed by atoms with Gasteiger partial charge in [-0.05, 0) is 48.6 Å². The summed E-state index contributed by atoms with van der Waals surface area (Å²) in [6.07, 6.45) is -4.46. The van der Waals surface area contributed by atoms with Gasteiger partial charge in [-0.25, -0.2) is 0 Å². The van der Waals surface area contributed by atoms with Crippen molar-refractivity contribution in [2.75, 3.05) is 41.8 Å². The Morgan fingerprint density at radius 1 is 1.00 bits per heavy atom. The van der Waals surface area contributed by atoms with Crippen molar-refractivity contribution in [1.29, 1.82) is 0 Å². The molecular weight excluding hydrogens is 434 g/mol. The van der Waals surface area contributed by atoms with Crippen molar-refractivity contribution < 1.29 is 17.9 Å². The largest absolute Gasteiger partial charge is 0.416 e. The molecule has 2 N–H and O–H groups in total. The molecule has 3 rings (SSSR count). The van der Waals surface area contributed by atoms with Gasteiger partial charge < -0.3 is 20.3 Å². The van der Waals surface area contributed by atoms with Gasteiger partial charge in [0.25, 0.3) is 0 Å². The van der Waals surface area contributed by atoms with E-state index in [9.17, 15) is 13.2 Å². The van der Waals surface area contributed by atoms with Gasteiger partial charge in [-0.2, -0.15) is 13.2 Å². The van der Waals surface area contributed by atoms with Crippen molar-refractivity contribution in [2.24, 2.45) is 0 Å². The monoisotopic (exact) mass is 449 g/mol. The van der Waals surface area contributed by atoms with Crippen LogP contribution < -0.4 is 15.5 Å². The first kappa shape index (κ1) is 21.0. The number of nitrogens with zero attached hydrogens (tertiary/aromatic N) is 1. The molecule has 1 fully saturated rings. The second-order valence-electron chi connectivity index (χ2n) is 6.03. The van der Waals surface area contributed by atoms with E-state index in [4.69, 9.17) is 40.2 Å². The van der Waals surface area contributed by atoms with Gasteiger partial charge in [-0.15, -0.1) is 0 Å². The molecule has 0 aliphatic carbocycles. The predicted octanol–water partition coefficient (Wildman–Crippen LogP) is 5.66. The summed E-state index contributed by atoms with van der Waals surface area (Å²) in [7, 11) is 0. The summed E-state index contributed by atoms with van der Waals surface area (Å²) >= 11 is 17.2. The molecule has 150 valence electrons. The number of halogens is 5. The first-order valence-corrected chi connectivity index (χ1v) is 9.47. The molecule has 10 heteroatoms. The van der Waals surface area contributed by atoms with Crippen LogP contribution in [-0.4, -0.2) is 31.4 Å². The van der Waals surface area contributed by atoms with Crippen molar-refractivity contribution >= 4 is 57.6 Å². The van der Waals surface area contributed by atoms with Crippen molar-refractivity contribution in [2.45, 2.75) is 6.18 Å². The first-order chi connectivity index (χ1) is 13.2. The third-order valence-electron chi connectivity index (χ3n) is 4.10. The maximum atomic E-state index is 13.2. The van der Waals surface area contributed by atoms with Gasteiger partial charge in [0.2, 0.25) is 0 Å². The normalized spacial score (nSPS) is 14.7. The quantitative estimate of drug-likeness (QED) is 0.591. The van der Waals surface area contributed by atoms with Gasteiger partial charge in [0.15, 0.2) is 5.11 Å². The summed E-state index contributed by atoms with van der Waals surface area (Å²) in [4.78, 5) is 1.95. The average Bonchev–Trinajstić information content (AvgIpc) is 2.64. The lowest BCUT2D eigenvalue weighted by molar-refractivity contribution is -0.137. The molecule has 0 spiro atoms. The third-order valence-corrected chi connectivity index (χ3v) is 4.86. The third kappa shape index (κ3) is 5.20. The Morgan fingerprint density at radius 2 is 1.68 bits per heavy atom. The summed E-state index contributed by atoms with van der Waals surface area (Å²) in [5, 5.41) is 6.65. The van der Waals surface area contributed by atoms with Gasteiger partial charge in [-0.3, -0.25) is 0 Å². The van der Waals surface area contributed by atoms with Crippen LogP contribution in [-0.2, 0) is 10.9 Å². The number of nitrogens with one attached hydrogen (secondary N) is 2. The van der Waals surface area contributed by atoms with E-state index in [0.717, 1.165) is 12.1 Å². The van der Waals surface area contributed by atoms with Gasteiger partial charge in [-0.1, -0.05) is 23.2 Å². The molecule has 0 radical (unpaired) electrons. The second kappa shape index (κ2) is 8.73. The highest BCUT2D eigenvalue weighted by molar-refractivity contribution is 7.80. The zero-order chi connectivity index (χ0) is 20.3. The predicted molar refractivity (Wildman–Crippen MR) is 111 cm³/mol. The van der Waals surface area contributed by atoms with E-state index in [-0.39, 0.29) is 10.8 Å². The fourth-order valence-electron chi connectivity index (χ4n) is 2.76. The molecule has 4 nitrogen and oxygen atoms in total. The Bertz CT molecular complexity index is 874. The molecule has 0 unspecified atom stereocenters. The van der Waals surface area contributed by atoms with Crippen LogP contribution in [0.3, 0.4) is 0 Å². The van der Waals surface area contributed by atoms with Crippen LogP contribution in [0.4, 0.5) is 30.2 Å². The number of morpholine rings is 1. The van der Waals surface area contributed by atoms with Crippen LogP contribution in [0.2, 0.25) is 10.0 Å². The second-order valence-corrected chi connectivity index (χ2v) is 7.28. The van der Waals surface area contributed by atoms with Crippen LogP contribution in [0.5, 0.6) is 0 Å². The molecule has 28 heavy (non-hydrogen) atoms. The van der Waals surface area contributed by atoms with Gasteiger partial charge in [0, 0.05) is 18.1 Å². The summed E-state index contributed by atoms with van der Waals surface area (Å²) < 4.78 is 44.8. The zero-order valence-electron chi connectivity index (χ0n) is 14.4. The van der Waals surface area contributed by atoms with Crippen molar-refractivity contribution in [3.63, 3.8) is 0 Å². The minimum absolute atomic E-state index is 0.109. The maximum absolute atomic E-state index is 13.2. The topological polar surface area (TPSA) is 36.5 Å². The van der Waals surface area contributed by atoms with Crippen LogP contribution in [0.25, 0.3) is 0 Å². The van der Waals surface area contributed by atoms with E-state index in [1.54, 1.807) is 12.1 Å². The molecule has 0 atom stereocenters. The van der Waals surface area contributed by atoms with Gasteiger partial charge in [0.1, 0.15) is 0 Å². The Labute approximate surface area is 175 Å². The summed E-state index contributed by atoms with van der Waals surface area (Å²) in [5.41, 5.74) is 0.588. The van der Waals surface area contributed by atoms with Crippen LogP contribution >= 0.6 is 35.4 Å². The number of rotatable bonds is 3. The zero-order valence-corrected chi connectivity index (χ0v) is 16.8. The number of benzene rings is 2. The number of alkyl halides is 3. The highest BCUT2D eigenvalue weighted by Crippen LogP contribution is 2.36. The molecule has 0 bridgehead atoms. The van der Waals surface area contributed by atoms with E-state index in [0.29, 0.717) is 47.7 Å². The Kier molecular flexibility index (Phi) is 6.54. The number of thiocarbonyl (C=S) groups is 1. The van der Waals surface area contributed by atoms with Crippen LogP contribution in [0, 0.1) is 0 Å². The van der Waals surface area contributed by atoms with E-state index < -0.39 is 11.7 Å². The average molecular weight is 450 g/mol. The molecule has 0 saturated carbocycles. The first-order valence-electron chi connectivity index (χ1n) is 8.31. The Hall–Kier alpha value is -1.74. The minimum Gasteiger partial charge on any atom is -0.378 e. The lowest BCUT2D eigenvalue weighted by atomic mass is 10.1. The number of hydrogen-bond acceptors (Lipinski definition) is 3. The molecule has 1 saturated heterocycles. The molecule has 0 amide bonds. The van der Waals surface area contributed by atoms with E-state index in [1.807, 2.05) is 4.90 Å². The molecule has 2 aromatic carbocycles. The Morgan fingerprint density at radius 3 is 2.32 bits per heavy atom. The Balaban J connectivity index is 1.85. The van der Waals surface area contributed by atoms with Crippen LogP contribution in [0.15, 0.2) is 36.4 Å². The molecule has 0 aromatic heterocycles. The minimum atomic E-state index is -4.46. The lowest BCUT2D eigenvalue weighted by Gasteiger charge is -2.31. The standard InChI is InChI=1S/C18H16Cl2F3N3OS/c19-12-2-3-14(13(20)10-12)24-17(28)25-15-9-11(18(21,22)23)1-4-16(15)26-5-7-27-8-6-26/h1-4,9-10H,5-8H2,(H2,24,25,28). The number of anilines is 3. The molecule has 1 aliphatic rings. The smallest absolute Gasteiger partial charge is 0.378 e. The van der Waals surface area contributed by atoms with E-state index in [2.05, 4.69) is 10.6 Å². The van der Waals surface area contributed by atoms with Crippen LogP contribution in [0.1, 0.15) is 5.56 Å². The SMILES string of the molecule is FC(F)(F)c1ccc(N2CCOCC2)c(NC(=S)Nc2ccc(Cl)cc2Cl)c1. The highest BCUT2D eigenvalue weighted by atomic mass is 35.5. The summed E-state index contributed by atoms with van der Waals surface area (Å²) in [6.45, 7) is 2.15. The summed E-state index contributed by atoms with van der Waals surface area (Å²) in [6, 6.07) is 8.34. The number of hydrogen-bond donors (Lipinski definition) is 2. The van der Waals surface area contributed by atoms with Crippen molar-refractivity contribution in [1.82, 2.24) is 0 Å². The van der Waals surface area contributed by atoms with E-state index in [1.165, 1.54) is 12.1 Å². The van der Waals surface area contributed by atoms with Gasteiger partial charge >= 0.3 is 6.18 Å². The maximum Gasteiger partial charge on any atom is 0.416 e. The molecule has 1 aliphatic heterocycles. The number of ether oxygens (including phenoxy) is 1. The molecule has 1 heterocycles. The van der Waals surface area contributed by atoms with Crippen molar-refractivity contribution in [3.8, 4) is 0 Å².